The number of carbonyl (C=O) groups is 1. The van der Waals surface area contributed by atoms with Gasteiger partial charge in [-0.25, -0.2) is 0 Å². The van der Waals surface area contributed by atoms with Gasteiger partial charge in [0.2, 0.25) is 0 Å². The van der Waals surface area contributed by atoms with Crippen molar-refractivity contribution in [3.63, 3.8) is 0 Å². The molecule has 2 nitrogen and oxygen atoms in total. The predicted molar refractivity (Wildman–Crippen MR) is 63.0 cm³/mol. The first-order chi connectivity index (χ1) is 7.16. The van der Waals surface area contributed by atoms with Gasteiger partial charge in [-0.2, -0.15) is 0 Å². The molecule has 2 heteroatoms. The van der Waals surface area contributed by atoms with Gasteiger partial charge in [-0.15, -0.1) is 0 Å². The Hall–Kier alpha value is -1.15. The number of Topliss-reactive ketones (excluding diaryl/α,β-unsaturated/α-hetero) is 1. The van der Waals surface area contributed by atoms with Crippen LogP contribution < -0.4 is 5.73 Å². The zero-order valence-electron chi connectivity index (χ0n) is 9.49. The molecule has 0 spiro atoms. The molecule has 0 aromatic heterocycles. The monoisotopic (exact) mass is 205 g/mol. The van der Waals surface area contributed by atoms with Gasteiger partial charge in [0.15, 0.2) is 5.78 Å². The quantitative estimate of drug-likeness (QED) is 0.751. The molecular formula is C13H19NO. The summed E-state index contributed by atoms with van der Waals surface area (Å²) in [5, 5.41) is 0. The molecule has 1 unspecified atom stereocenters. The molecule has 0 saturated carbocycles. The normalized spacial score (nSPS) is 12.5. The van der Waals surface area contributed by atoms with Crippen molar-refractivity contribution in [1.29, 1.82) is 0 Å². The lowest BCUT2D eigenvalue weighted by Crippen LogP contribution is -2.30. The molecule has 15 heavy (non-hydrogen) atoms. The number of benzene rings is 1. The van der Waals surface area contributed by atoms with Gasteiger partial charge in [-0.05, 0) is 18.9 Å². The molecule has 1 aromatic carbocycles. The second-order valence-corrected chi connectivity index (χ2v) is 3.93. The molecule has 82 valence electrons. The Kier molecular flexibility index (Phi) is 4.50. The van der Waals surface area contributed by atoms with E-state index in [1.165, 1.54) is 0 Å². The average molecular weight is 205 g/mol. The smallest absolute Gasteiger partial charge is 0.179 e. The molecule has 0 heterocycles. The lowest BCUT2D eigenvalue weighted by atomic mass is 9.97. The van der Waals surface area contributed by atoms with Crippen LogP contribution in [0.5, 0.6) is 0 Å². The highest BCUT2D eigenvalue weighted by Crippen LogP contribution is 2.11. The third-order valence-electron chi connectivity index (χ3n) is 2.62. The van der Waals surface area contributed by atoms with E-state index in [2.05, 4.69) is 6.92 Å². The summed E-state index contributed by atoms with van der Waals surface area (Å²) in [6.07, 6.45) is 2.87. The SMILES string of the molecule is CCCCC(N)C(=O)c1ccccc1C. The molecular weight excluding hydrogens is 186 g/mol. The Balaban J connectivity index is 2.72. The Morgan fingerprint density at radius 1 is 1.40 bits per heavy atom. The van der Waals surface area contributed by atoms with Gasteiger partial charge in [0, 0.05) is 5.56 Å². The van der Waals surface area contributed by atoms with Crippen molar-refractivity contribution in [3.05, 3.63) is 35.4 Å². The Morgan fingerprint density at radius 3 is 2.67 bits per heavy atom. The van der Waals surface area contributed by atoms with E-state index in [1.807, 2.05) is 31.2 Å². The maximum Gasteiger partial charge on any atom is 0.179 e. The van der Waals surface area contributed by atoms with Crippen molar-refractivity contribution < 1.29 is 4.79 Å². The van der Waals surface area contributed by atoms with E-state index in [0.29, 0.717) is 0 Å². The largest absolute Gasteiger partial charge is 0.321 e. The lowest BCUT2D eigenvalue weighted by Gasteiger charge is -2.11. The van der Waals surface area contributed by atoms with Crippen LogP contribution in [-0.4, -0.2) is 11.8 Å². The summed E-state index contributed by atoms with van der Waals surface area (Å²) in [6.45, 7) is 4.05. The van der Waals surface area contributed by atoms with Crippen molar-refractivity contribution in [2.24, 2.45) is 5.73 Å². The maximum absolute atomic E-state index is 11.9. The fourth-order valence-electron chi connectivity index (χ4n) is 1.60. The topological polar surface area (TPSA) is 43.1 Å². The van der Waals surface area contributed by atoms with E-state index in [9.17, 15) is 4.79 Å². The fraction of sp³-hybridized carbons (Fsp3) is 0.462. The molecule has 0 aliphatic carbocycles. The van der Waals surface area contributed by atoms with Crippen LogP contribution in [0.2, 0.25) is 0 Å². The standard InChI is InChI=1S/C13H19NO/c1-3-4-9-12(14)13(15)11-8-6-5-7-10(11)2/h5-8,12H,3-4,9,14H2,1-2H3. The summed E-state index contributed by atoms with van der Waals surface area (Å²) in [6, 6.07) is 7.27. The van der Waals surface area contributed by atoms with E-state index in [1.54, 1.807) is 0 Å². The second kappa shape index (κ2) is 5.66. The highest BCUT2D eigenvalue weighted by molar-refractivity contribution is 6.01. The first-order valence-corrected chi connectivity index (χ1v) is 5.52. The van der Waals surface area contributed by atoms with Crippen LogP contribution in [-0.2, 0) is 0 Å². The first kappa shape index (κ1) is 11.9. The molecule has 1 rings (SSSR count). The number of hydrogen-bond donors (Lipinski definition) is 1. The predicted octanol–water partition coefficient (Wildman–Crippen LogP) is 2.70. The summed E-state index contributed by atoms with van der Waals surface area (Å²) in [7, 11) is 0. The van der Waals surface area contributed by atoms with Crippen molar-refractivity contribution in [2.45, 2.75) is 39.2 Å². The Morgan fingerprint density at radius 2 is 2.07 bits per heavy atom. The van der Waals surface area contributed by atoms with Crippen LogP contribution in [0.1, 0.15) is 42.1 Å². The molecule has 0 radical (unpaired) electrons. The van der Waals surface area contributed by atoms with Crippen LogP contribution in [0.4, 0.5) is 0 Å². The van der Waals surface area contributed by atoms with Crippen LogP contribution in [0.15, 0.2) is 24.3 Å². The van der Waals surface area contributed by atoms with E-state index >= 15 is 0 Å². The Bertz CT molecular complexity index is 333. The summed E-state index contributed by atoms with van der Waals surface area (Å²) in [5.41, 5.74) is 7.63. The highest BCUT2D eigenvalue weighted by Gasteiger charge is 2.16. The van der Waals surface area contributed by atoms with Crippen LogP contribution >= 0.6 is 0 Å². The van der Waals surface area contributed by atoms with Gasteiger partial charge < -0.3 is 5.73 Å². The molecule has 0 aliphatic rings. The molecule has 1 aromatic rings. The number of hydrogen-bond acceptors (Lipinski definition) is 2. The molecule has 0 aliphatic heterocycles. The second-order valence-electron chi connectivity index (χ2n) is 3.93. The molecule has 0 saturated heterocycles. The number of nitrogens with two attached hydrogens (primary N) is 1. The molecule has 0 bridgehead atoms. The number of aryl methyl sites for hydroxylation is 1. The molecule has 0 amide bonds. The van der Waals surface area contributed by atoms with Gasteiger partial charge in [0.1, 0.15) is 0 Å². The zero-order chi connectivity index (χ0) is 11.3. The lowest BCUT2D eigenvalue weighted by molar-refractivity contribution is 0.0955. The number of unbranched alkanes of at least 4 members (excludes halogenated alkanes) is 1. The van der Waals surface area contributed by atoms with Gasteiger partial charge in [-0.1, -0.05) is 44.0 Å². The van der Waals surface area contributed by atoms with Crippen molar-refractivity contribution in [2.75, 3.05) is 0 Å². The summed E-state index contributed by atoms with van der Waals surface area (Å²) >= 11 is 0. The minimum absolute atomic E-state index is 0.0709. The van der Waals surface area contributed by atoms with E-state index in [0.717, 1.165) is 30.4 Å². The van der Waals surface area contributed by atoms with Crippen molar-refractivity contribution >= 4 is 5.78 Å². The molecule has 2 N–H and O–H groups in total. The van der Waals surface area contributed by atoms with Crippen LogP contribution in [0.3, 0.4) is 0 Å². The summed E-state index contributed by atoms with van der Waals surface area (Å²) < 4.78 is 0. The number of rotatable bonds is 5. The number of carbonyl (C=O) groups excluding carboxylic acids is 1. The minimum atomic E-state index is -0.342. The van der Waals surface area contributed by atoms with Crippen molar-refractivity contribution in [3.8, 4) is 0 Å². The minimum Gasteiger partial charge on any atom is -0.321 e. The van der Waals surface area contributed by atoms with Crippen molar-refractivity contribution in [1.82, 2.24) is 0 Å². The van der Waals surface area contributed by atoms with E-state index < -0.39 is 0 Å². The van der Waals surface area contributed by atoms with Gasteiger partial charge in [-0.3, -0.25) is 4.79 Å². The van der Waals surface area contributed by atoms with Crippen LogP contribution in [0.25, 0.3) is 0 Å². The van der Waals surface area contributed by atoms with E-state index in [-0.39, 0.29) is 11.8 Å². The highest BCUT2D eigenvalue weighted by atomic mass is 16.1. The maximum atomic E-state index is 11.9. The number of ketones is 1. The van der Waals surface area contributed by atoms with Gasteiger partial charge in [0.25, 0.3) is 0 Å². The van der Waals surface area contributed by atoms with E-state index in [4.69, 9.17) is 5.73 Å². The van der Waals surface area contributed by atoms with Gasteiger partial charge in [0.05, 0.1) is 6.04 Å². The van der Waals surface area contributed by atoms with Crippen LogP contribution in [0, 0.1) is 6.92 Å². The third-order valence-corrected chi connectivity index (χ3v) is 2.62. The third kappa shape index (κ3) is 3.17. The Labute approximate surface area is 91.5 Å². The molecule has 1 atom stereocenters. The first-order valence-electron chi connectivity index (χ1n) is 5.52. The van der Waals surface area contributed by atoms with Gasteiger partial charge >= 0.3 is 0 Å². The average Bonchev–Trinajstić information content (AvgIpc) is 2.25. The summed E-state index contributed by atoms with van der Waals surface area (Å²) in [4.78, 5) is 11.9. The zero-order valence-corrected chi connectivity index (χ0v) is 9.49. The fourth-order valence-corrected chi connectivity index (χ4v) is 1.60. The molecule has 0 fully saturated rings. The summed E-state index contributed by atoms with van der Waals surface area (Å²) in [5.74, 6) is 0.0709.